The van der Waals surface area contributed by atoms with Gasteiger partial charge in [-0.3, -0.25) is 9.69 Å². The topological polar surface area (TPSA) is 32.3 Å². The Labute approximate surface area is 140 Å². The van der Waals surface area contributed by atoms with E-state index in [0.717, 1.165) is 37.5 Å². The van der Waals surface area contributed by atoms with Gasteiger partial charge in [0.15, 0.2) is 0 Å². The molecule has 0 radical (unpaired) electrons. The van der Waals surface area contributed by atoms with Gasteiger partial charge in [-0.05, 0) is 50.3 Å². The average molecular weight is 314 g/mol. The Hall–Kier alpha value is -1.35. The fourth-order valence-electron chi connectivity index (χ4n) is 4.16. The summed E-state index contributed by atoms with van der Waals surface area (Å²) in [7, 11) is 0. The van der Waals surface area contributed by atoms with E-state index in [1.807, 2.05) is 18.2 Å². The van der Waals surface area contributed by atoms with Gasteiger partial charge in [-0.2, -0.15) is 0 Å². The van der Waals surface area contributed by atoms with Crippen LogP contribution < -0.4 is 5.32 Å². The first kappa shape index (κ1) is 16.5. The fourth-order valence-corrected chi connectivity index (χ4v) is 4.16. The molecule has 2 fully saturated rings. The smallest absolute Gasteiger partial charge is 0.241 e. The predicted octanol–water partition coefficient (Wildman–Crippen LogP) is 3.91. The van der Waals surface area contributed by atoms with Gasteiger partial charge in [0.1, 0.15) is 6.04 Å². The first-order valence-electron chi connectivity index (χ1n) is 9.41. The summed E-state index contributed by atoms with van der Waals surface area (Å²) < 4.78 is 0. The number of carbonyl (C=O) groups excluding carboxylic acids is 1. The Kier molecular flexibility index (Phi) is 6.09. The van der Waals surface area contributed by atoms with Crippen molar-refractivity contribution in [3.05, 3.63) is 35.9 Å². The number of nitrogens with one attached hydrogen (secondary N) is 1. The number of rotatable bonds is 7. The van der Waals surface area contributed by atoms with Crippen molar-refractivity contribution in [2.24, 2.45) is 5.92 Å². The lowest BCUT2D eigenvalue weighted by atomic mass is 10.0. The lowest BCUT2D eigenvalue weighted by molar-refractivity contribution is -0.126. The second-order valence-corrected chi connectivity index (χ2v) is 7.14. The second kappa shape index (κ2) is 8.49. The van der Waals surface area contributed by atoms with E-state index < -0.39 is 0 Å². The largest absolute Gasteiger partial charge is 0.354 e. The SMILES string of the molecule is O=C(NCCCC1CCCC1)C(c1ccccc1)N1CCCC1. The lowest BCUT2D eigenvalue weighted by Crippen LogP contribution is -2.39. The minimum atomic E-state index is -0.106. The molecule has 1 aromatic rings. The number of benzene rings is 1. The third-order valence-corrected chi connectivity index (χ3v) is 5.43. The Bertz CT molecular complexity index is 476. The van der Waals surface area contributed by atoms with E-state index in [-0.39, 0.29) is 11.9 Å². The van der Waals surface area contributed by atoms with Crippen LogP contribution in [0.3, 0.4) is 0 Å². The van der Waals surface area contributed by atoms with Crippen LogP contribution in [-0.4, -0.2) is 30.4 Å². The molecule has 0 bridgehead atoms. The summed E-state index contributed by atoms with van der Waals surface area (Å²) >= 11 is 0. The van der Waals surface area contributed by atoms with E-state index in [1.54, 1.807) is 0 Å². The van der Waals surface area contributed by atoms with Crippen molar-refractivity contribution >= 4 is 5.91 Å². The van der Waals surface area contributed by atoms with Gasteiger partial charge in [0, 0.05) is 6.54 Å². The highest BCUT2D eigenvalue weighted by Crippen LogP contribution is 2.28. The molecule has 0 spiro atoms. The van der Waals surface area contributed by atoms with Gasteiger partial charge in [-0.15, -0.1) is 0 Å². The molecule has 1 N–H and O–H groups in total. The maximum atomic E-state index is 12.8. The van der Waals surface area contributed by atoms with E-state index in [0.29, 0.717) is 0 Å². The third-order valence-electron chi connectivity index (χ3n) is 5.43. The van der Waals surface area contributed by atoms with Crippen molar-refractivity contribution in [2.45, 2.75) is 57.4 Å². The van der Waals surface area contributed by atoms with Gasteiger partial charge in [0.05, 0.1) is 0 Å². The van der Waals surface area contributed by atoms with E-state index >= 15 is 0 Å². The van der Waals surface area contributed by atoms with Crippen molar-refractivity contribution in [1.29, 1.82) is 0 Å². The zero-order chi connectivity index (χ0) is 15.9. The van der Waals surface area contributed by atoms with E-state index in [9.17, 15) is 4.79 Å². The average Bonchev–Trinajstić information content (AvgIpc) is 3.27. The zero-order valence-electron chi connectivity index (χ0n) is 14.2. The summed E-state index contributed by atoms with van der Waals surface area (Å²) in [5.74, 6) is 1.10. The van der Waals surface area contributed by atoms with Crippen LogP contribution >= 0.6 is 0 Å². The first-order chi connectivity index (χ1) is 11.3. The van der Waals surface area contributed by atoms with Crippen LogP contribution in [0.25, 0.3) is 0 Å². The molecule has 1 aliphatic carbocycles. The molecule has 1 amide bonds. The Balaban J connectivity index is 1.52. The van der Waals surface area contributed by atoms with Crippen LogP contribution in [0.15, 0.2) is 30.3 Å². The van der Waals surface area contributed by atoms with E-state index in [4.69, 9.17) is 0 Å². The Morgan fingerprint density at radius 3 is 2.48 bits per heavy atom. The van der Waals surface area contributed by atoms with Gasteiger partial charge in [0.25, 0.3) is 0 Å². The molecular weight excluding hydrogens is 284 g/mol. The molecule has 1 aromatic carbocycles. The lowest BCUT2D eigenvalue weighted by Gasteiger charge is -2.27. The summed E-state index contributed by atoms with van der Waals surface area (Å²) in [4.78, 5) is 15.1. The van der Waals surface area contributed by atoms with Gasteiger partial charge >= 0.3 is 0 Å². The molecule has 3 heteroatoms. The van der Waals surface area contributed by atoms with Gasteiger partial charge in [-0.1, -0.05) is 56.0 Å². The number of carbonyl (C=O) groups is 1. The minimum absolute atomic E-state index is 0.106. The maximum Gasteiger partial charge on any atom is 0.241 e. The number of amides is 1. The molecule has 1 heterocycles. The van der Waals surface area contributed by atoms with Gasteiger partial charge < -0.3 is 5.32 Å². The molecule has 126 valence electrons. The molecule has 23 heavy (non-hydrogen) atoms. The molecule has 1 saturated carbocycles. The van der Waals surface area contributed by atoms with Crippen molar-refractivity contribution < 1.29 is 4.79 Å². The number of hydrogen-bond donors (Lipinski definition) is 1. The molecule has 1 unspecified atom stereocenters. The molecular formula is C20H30N2O. The second-order valence-electron chi connectivity index (χ2n) is 7.14. The number of nitrogens with zero attached hydrogens (tertiary/aromatic N) is 1. The van der Waals surface area contributed by atoms with Gasteiger partial charge in [0.2, 0.25) is 5.91 Å². The van der Waals surface area contributed by atoms with Crippen LogP contribution in [0.2, 0.25) is 0 Å². The molecule has 3 nitrogen and oxygen atoms in total. The minimum Gasteiger partial charge on any atom is -0.354 e. The molecule has 2 aliphatic rings. The van der Waals surface area contributed by atoms with Gasteiger partial charge in [-0.25, -0.2) is 0 Å². The number of hydrogen-bond acceptors (Lipinski definition) is 2. The molecule has 1 saturated heterocycles. The highest BCUT2D eigenvalue weighted by atomic mass is 16.2. The summed E-state index contributed by atoms with van der Waals surface area (Å²) in [6.07, 6.45) is 10.4. The zero-order valence-corrected chi connectivity index (χ0v) is 14.2. The fraction of sp³-hybridized carbons (Fsp3) is 0.650. The molecule has 1 aliphatic heterocycles. The summed E-state index contributed by atoms with van der Waals surface area (Å²) in [5.41, 5.74) is 1.13. The van der Waals surface area contributed by atoms with Crippen LogP contribution in [0.4, 0.5) is 0 Å². The van der Waals surface area contributed by atoms with Crippen LogP contribution in [0, 0.1) is 5.92 Å². The summed E-state index contributed by atoms with van der Waals surface area (Å²) in [6.45, 7) is 2.90. The van der Waals surface area contributed by atoms with Crippen molar-refractivity contribution in [3.8, 4) is 0 Å². The van der Waals surface area contributed by atoms with Crippen molar-refractivity contribution in [2.75, 3.05) is 19.6 Å². The Morgan fingerprint density at radius 1 is 1.09 bits per heavy atom. The van der Waals surface area contributed by atoms with E-state index in [1.165, 1.54) is 44.9 Å². The number of likely N-dealkylation sites (tertiary alicyclic amines) is 1. The normalized spacial score (nSPS) is 20.7. The van der Waals surface area contributed by atoms with Crippen LogP contribution in [0.1, 0.15) is 63.0 Å². The monoisotopic (exact) mass is 314 g/mol. The highest BCUT2D eigenvalue weighted by molar-refractivity contribution is 5.83. The quantitative estimate of drug-likeness (QED) is 0.774. The van der Waals surface area contributed by atoms with Crippen molar-refractivity contribution in [1.82, 2.24) is 10.2 Å². The summed E-state index contributed by atoms with van der Waals surface area (Å²) in [6, 6.07) is 10.1. The van der Waals surface area contributed by atoms with E-state index in [2.05, 4.69) is 22.3 Å². The third kappa shape index (κ3) is 4.57. The molecule has 0 aromatic heterocycles. The predicted molar refractivity (Wildman–Crippen MR) is 94.2 cm³/mol. The van der Waals surface area contributed by atoms with Crippen LogP contribution in [0.5, 0.6) is 0 Å². The van der Waals surface area contributed by atoms with Crippen LogP contribution in [-0.2, 0) is 4.79 Å². The molecule has 1 atom stereocenters. The first-order valence-corrected chi connectivity index (χ1v) is 9.41. The maximum absolute atomic E-state index is 12.8. The summed E-state index contributed by atoms with van der Waals surface area (Å²) in [5, 5.41) is 3.20. The Morgan fingerprint density at radius 2 is 1.78 bits per heavy atom. The molecule has 3 rings (SSSR count). The highest BCUT2D eigenvalue weighted by Gasteiger charge is 2.29. The standard InChI is InChI=1S/C20H30N2O/c23-20(21-14-8-11-17-9-4-5-10-17)19(22-15-6-7-16-22)18-12-2-1-3-13-18/h1-3,12-13,17,19H,4-11,14-16H2,(H,21,23). The van der Waals surface area contributed by atoms with Crippen molar-refractivity contribution in [3.63, 3.8) is 0 Å².